The van der Waals surface area contributed by atoms with E-state index in [0.29, 0.717) is 5.69 Å². The first-order valence-electron chi connectivity index (χ1n) is 9.51. The molecule has 0 bridgehead atoms. The van der Waals surface area contributed by atoms with Crippen LogP contribution in [0, 0.1) is 13.8 Å². The number of amides is 1. The molecule has 0 aromatic carbocycles. The van der Waals surface area contributed by atoms with Crippen molar-refractivity contribution in [3.05, 3.63) is 59.2 Å². The molecular weight excluding hydrogens is 352 g/mol. The summed E-state index contributed by atoms with van der Waals surface area (Å²) in [5, 5.41) is 7.78. The fourth-order valence-corrected chi connectivity index (χ4v) is 3.54. The lowest BCUT2D eigenvalue weighted by molar-refractivity contribution is 0.0935. The predicted molar refractivity (Wildman–Crippen MR) is 109 cm³/mol. The minimum atomic E-state index is -0.129. The molecule has 0 unspecified atom stereocenters. The Balaban J connectivity index is 1.43. The molecule has 1 amide bonds. The molecular formula is C21H24N6O. The Kier molecular flexibility index (Phi) is 4.81. The predicted octanol–water partition coefficient (Wildman–Crippen LogP) is 2.78. The number of allylic oxidation sites excluding steroid dienone is 1. The average Bonchev–Trinajstić information content (AvgIpc) is 3.30. The summed E-state index contributed by atoms with van der Waals surface area (Å²) in [6.45, 7) is 7.52. The number of hydrogen-bond acceptors (Lipinski definition) is 5. The van der Waals surface area contributed by atoms with Gasteiger partial charge in [0.05, 0.1) is 11.9 Å². The minimum absolute atomic E-state index is 0.0752. The number of carbonyl (C=O) groups excluding carboxylic acids is 1. The Morgan fingerprint density at radius 3 is 2.89 bits per heavy atom. The Bertz CT molecular complexity index is 1050. The third kappa shape index (κ3) is 3.47. The topological polar surface area (TPSA) is 75.4 Å². The van der Waals surface area contributed by atoms with Crippen LogP contribution >= 0.6 is 0 Å². The first-order chi connectivity index (χ1) is 13.5. The largest absolute Gasteiger partial charge is 0.353 e. The van der Waals surface area contributed by atoms with E-state index in [4.69, 9.17) is 0 Å². The molecule has 0 radical (unpaired) electrons. The van der Waals surface area contributed by atoms with Crippen LogP contribution in [0.15, 0.2) is 36.7 Å². The zero-order valence-electron chi connectivity index (χ0n) is 16.4. The van der Waals surface area contributed by atoms with Crippen LogP contribution in [0.25, 0.3) is 11.7 Å². The second-order valence-corrected chi connectivity index (χ2v) is 7.19. The van der Waals surface area contributed by atoms with Crippen molar-refractivity contribution in [1.82, 2.24) is 24.9 Å². The van der Waals surface area contributed by atoms with Crippen molar-refractivity contribution in [3.8, 4) is 0 Å². The number of fused-ring (bicyclic) bond motifs is 1. The highest BCUT2D eigenvalue weighted by atomic mass is 16.1. The van der Waals surface area contributed by atoms with Crippen molar-refractivity contribution < 1.29 is 4.79 Å². The van der Waals surface area contributed by atoms with E-state index in [0.717, 1.165) is 47.8 Å². The smallest absolute Gasteiger partial charge is 0.270 e. The van der Waals surface area contributed by atoms with Gasteiger partial charge in [0.15, 0.2) is 5.65 Å². The molecule has 7 heteroatoms. The van der Waals surface area contributed by atoms with E-state index in [1.165, 1.54) is 0 Å². The van der Waals surface area contributed by atoms with Crippen LogP contribution in [-0.4, -0.2) is 44.6 Å². The van der Waals surface area contributed by atoms with E-state index in [1.54, 1.807) is 6.20 Å². The van der Waals surface area contributed by atoms with Crippen molar-refractivity contribution in [2.45, 2.75) is 33.2 Å². The van der Waals surface area contributed by atoms with Gasteiger partial charge < -0.3 is 10.2 Å². The maximum Gasteiger partial charge on any atom is 0.270 e. The molecule has 1 fully saturated rings. The van der Waals surface area contributed by atoms with E-state index < -0.39 is 0 Å². The number of nitrogens with zero attached hydrogens (tertiary/aromatic N) is 5. The lowest BCUT2D eigenvalue weighted by atomic mass is 10.1. The van der Waals surface area contributed by atoms with Gasteiger partial charge in [0.25, 0.3) is 5.91 Å². The fourth-order valence-electron chi connectivity index (χ4n) is 3.54. The first kappa shape index (κ1) is 18.2. The van der Waals surface area contributed by atoms with Crippen molar-refractivity contribution in [2.75, 3.05) is 18.0 Å². The summed E-state index contributed by atoms with van der Waals surface area (Å²) >= 11 is 0. The first-order valence-corrected chi connectivity index (χ1v) is 9.51. The Morgan fingerprint density at radius 2 is 2.11 bits per heavy atom. The molecule has 28 heavy (non-hydrogen) atoms. The molecule has 1 saturated heterocycles. The zero-order chi connectivity index (χ0) is 19.7. The van der Waals surface area contributed by atoms with Gasteiger partial charge in [-0.1, -0.05) is 12.2 Å². The van der Waals surface area contributed by atoms with Crippen LogP contribution in [0.3, 0.4) is 0 Å². The summed E-state index contributed by atoms with van der Waals surface area (Å²) in [5.41, 5.74) is 4.37. The molecule has 1 aliphatic rings. The normalized spacial score (nSPS) is 17.0. The molecule has 4 rings (SSSR count). The Labute approximate surface area is 164 Å². The summed E-state index contributed by atoms with van der Waals surface area (Å²) in [5.74, 6) is 0.769. The second-order valence-electron chi connectivity index (χ2n) is 7.19. The fraction of sp³-hybridized carbons (Fsp3) is 0.333. The number of imidazole rings is 1. The van der Waals surface area contributed by atoms with E-state index in [2.05, 4.69) is 25.3 Å². The van der Waals surface area contributed by atoms with Crippen molar-refractivity contribution >= 4 is 23.4 Å². The summed E-state index contributed by atoms with van der Waals surface area (Å²) < 4.78 is 1.85. The maximum atomic E-state index is 12.6. The highest BCUT2D eigenvalue weighted by Gasteiger charge is 2.26. The third-order valence-corrected chi connectivity index (χ3v) is 5.10. The quantitative estimate of drug-likeness (QED) is 0.758. The number of aromatic nitrogens is 4. The molecule has 3 aromatic heterocycles. The lowest BCUT2D eigenvalue weighted by Crippen LogP contribution is -2.37. The second kappa shape index (κ2) is 7.42. The number of carbonyl (C=O) groups is 1. The molecule has 3 aromatic rings. The van der Waals surface area contributed by atoms with E-state index >= 15 is 0 Å². The van der Waals surface area contributed by atoms with E-state index in [-0.39, 0.29) is 11.9 Å². The van der Waals surface area contributed by atoms with Crippen molar-refractivity contribution in [1.29, 1.82) is 0 Å². The van der Waals surface area contributed by atoms with E-state index in [9.17, 15) is 4.79 Å². The number of hydrogen-bond donors (Lipinski definition) is 1. The van der Waals surface area contributed by atoms with Gasteiger partial charge in [-0.2, -0.15) is 0 Å². The summed E-state index contributed by atoms with van der Waals surface area (Å²) in [7, 11) is 0. The number of nitrogens with one attached hydrogen (secondary N) is 1. The summed E-state index contributed by atoms with van der Waals surface area (Å²) in [6.07, 6.45) is 8.40. The van der Waals surface area contributed by atoms with Crippen molar-refractivity contribution in [3.63, 3.8) is 0 Å². The van der Waals surface area contributed by atoms with Gasteiger partial charge in [-0.3, -0.25) is 9.78 Å². The summed E-state index contributed by atoms with van der Waals surface area (Å²) in [6, 6.07) is 5.87. The van der Waals surface area contributed by atoms with Crippen LogP contribution < -0.4 is 10.2 Å². The lowest BCUT2D eigenvalue weighted by Gasteiger charge is -2.18. The van der Waals surface area contributed by atoms with Gasteiger partial charge in [0, 0.05) is 25.3 Å². The molecule has 1 atom stereocenters. The molecule has 0 spiro atoms. The van der Waals surface area contributed by atoms with Crippen LogP contribution in [-0.2, 0) is 0 Å². The number of anilines is 1. The van der Waals surface area contributed by atoms with E-state index in [1.807, 2.05) is 61.8 Å². The minimum Gasteiger partial charge on any atom is -0.353 e. The van der Waals surface area contributed by atoms with Gasteiger partial charge in [0.1, 0.15) is 11.5 Å². The molecule has 0 aliphatic carbocycles. The molecule has 1 aliphatic heterocycles. The zero-order valence-corrected chi connectivity index (χ0v) is 16.4. The highest BCUT2D eigenvalue weighted by Crippen LogP contribution is 2.19. The molecule has 144 valence electrons. The number of pyridine rings is 1. The number of aryl methyl sites for hydroxylation is 2. The molecule has 4 heterocycles. The van der Waals surface area contributed by atoms with Gasteiger partial charge >= 0.3 is 0 Å². The molecule has 0 saturated carbocycles. The maximum absolute atomic E-state index is 12.6. The van der Waals surface area contributed by atoms with Crippen molar-refractivity contribution in [2.24, 2.45) is 0 Å². The highest BCUT2D eigenvalue weighted by molar-refractivity contribution is 5.93. The third-order valence-electron chi connectivity index (χ3n) is 5.10. The molecule has 7 nitrogen and oxygen atoms in total. The summed E-state index contributed by atoms with van der Waals surface area (Å²) in [4.78, 5) is 23.4. The molecule has 1 N–H and O–H groups in total. The monoisotopic (exact) mass is 376 g/mol. The SMILES string of the molecule is C/C=C/c1cnc(C(=O)N[C@H]2CCN(c3ccc4ncc(C)n4n3)C2)cc1C. The van der Waals surface area contributed by atoms with Gasteiger partial charge in [0.2, 0.25) is 0 Å². The van der Waals surface area contributed by atoms with Crippen LogP contribution in [0.2, 0.25) is 0 Å². The van der Waals surface area contributed by atoms with Gasteiger partial charge in [-0.25, -0.2) is 9.50 Å². The van der Waals surface area contributed by atoms with Crippen LogP contribution in [0.1, 0.15) is 40.7 Å². The average molecular weight is 376 g/mol. The van der Waals surface area contributed by atoms with Crippen LogP contribution in [0.5, 0.6) is 0 Å². The standard InChI is InChI=1S/C21H24N6O/c1-4-5-16-12-22-18(10-14(16)2)21(28)24-17-8-9-26(13-17)20-7-6-19-23-11-15(3)27(19)25-20/h4-7,10-12,17H,8-9,13H2,1-3H3,(H,24,28)/b5-4+/t17-/m0/s1. The Hall–Kier alpha value is -3.22. The number of rotatable bonds is 4. The van der Waals surface area contributed by atoms with Crippen LogP contribution in [0.4, 0.5) is 5.82 Å². The Morgan fingerprint density at radius 1 is 1.25 bits per heavy atom. The van der Waals surface area contributed by atoms with Gasteiger partial charge in [-0.05, 0) is 56.5 Å². The van der Waals surface area contributed by atoms with Gasteiger partial charge in [-0.15, -0.1) is 5.10 Å².